The zero-order chi connectivity index (χ0) is 28.3. The molecule has 2 aliphatic heterocycles. The molecular formula is C34H45N3O3S. The lowest BCUT2D eigenvalue weighted by Gasteiger charge is -2.39. The van der Waals surface area contributed by atoms with Crippen LogP contribution in [0.1, 0.15) is 70.3 Å². The van der Waals surface area contributed by atoms with Crippen molar-refractivity contribution >= 4 is 20.6 Å². The van der Waals surface area contributed by atoms with Crippen LogP contribution in [0.25, 0.3) is 10.8 Å². The standard InChI is InChI=1S/C34H45N3O3S/c1-2-3-21-40-29-15-17-30(18-16-29)41(38,39)33-32(35-23-25-13-14-26-9-7-8-10-27(26)22-25)31-19-20-34(33,37-31)24-36-28-11-5-4-6-12-28/h7-10,13-18,22,28,31-33,35-37H,2-6,11-12,19-21,23-24H2,1H3. The van der Waals surface area contributed by atoms with Gasteiger partial charge in [-0.2, -0.15) is 0 Å². The highest BCUT2D eigenvalue weighted by Crippen LogP contribution is 2.44. The molecule has 220 valence electrons. The van der Waals surface area contributed by atoms with Crippen LogP contribution in [0, 0.1) is 0 Å². The number of rotatable bonds is 12. The van der Waals surface area contributed by atoms with Crippen molar-refractivity contribution in [2.75, 3.05) is 13.2 Å². The molecule has 3 fully saturated rings. The van der Waals surface area contributed by atoms with Crippen molar-refractivity contribution in [1.29, 1.82) is 0 Å². The van der Waals surface area contributed by atoms with Crippen LogP contribution < -0.4 is 20.7 Å². The second-order valence-electron chi connectivity index (χ2n) is 12.4. The predicted octanol–water partition coefficient (Wildman–Crippen LogP) is 5.75. The number of unbranched alkanes of at least 4 members (excludes halogenated alkanes) is 1. The van der Waals surface area contributed by atoms with Crippen molar-refractivity contribution < 1.29 is 13.2 Å². The van der Waals surface area contributed by atoms with Crippen LogP contribution in [0.15, 0.2) is 71.6 Å². The minimum atomic E-state index is -3.63. The van der Waals surface area contributed by atoms with E-state index < -0.39 is 20.6 Å². The molecule has 1 aliphatic carbocycles. The Hall–Kier alpha value is -2.45. The lowest BCUT2D eigenvalue weighted by atomic mass is 9.83. The largest absolute Gasteiger partial charge is 0.494 e. The van der Waals surface area contributed by atoms with Gasteiger partial charge in [0.1, 0.15) is 11.0 Å². The first kappa shape index (κ1) is 28.7. The number of ether oxygens (including phenoxy) is 1. The van der Waals surface area contributed by atoms with Crippen molar-refractivity contribution in [2.45, 2.75) is 105 Å². The van der Waals surface area contributed by atoms with Gasteiger partial charge in [0, 0.05) is 36.8 Å². The second-order valence-corrected chi connectivity index (χ2v) is 14.5. The number of nitrogens with one attached hydrogen (secondary N) is 3. The second kappa shape index (κ2) is 12.4. The summed E-state index contributed by atoms with van der Waals surface area (Å²) in [7, 11) is -3.63. The molecule has 6 rings (SSSR count). The van der Waals surface area contributed by atoms with Gasteiger partial charge in [0.2, 0.25) is 0 Å². The summed E-state index contributed by atoms with van der Waals surface area (Å²) in [5.74, 6) is 0.725. The normalized spacial score (nSPS) is 26.5. The molecular weight excluding hydrogens is 530 g/mol. The molecule has 3 aliphatic rings. The van der Waals surface area contributed by atoms with E-state index in [4.69, 9.17) is 4.74 Å². The van der Waals surface area contributed by atoms with Gasteiger partial charge in [-0.05, 0) is 78.8 Å². The van der Waals surface area contributed by atoms with Gasteiger partial charge >= 0.3 is 0 Å². The molecule has 0 aromatic heterocycles. The molecule has 4 unspecified atom stereocenters. The summed E-state index contributed by atoms with van der Waals surface area (Å²) in [6.45, 7) is 4.10. The van der Waals surface area contributed by atoms with Crippen LogP contribution in [-0.4, -0.2) is 50.5 Å². The molecule has 1 saturated carbocycles. The Bertz CT molecular complexity index is 1420. The average molecular weight is 576 g/mol. The van der Waals surface area contributed by atoms with E-state index in [1.54, 1.807) is 12.1 Å². The highest BCUT2D eigenvalue weighted by Gasteiger charge is 2.62. The zero-order valence-corrected chi connectivity index (χ0v) is 25.1. The van der Waals surface area contributed by atoms with Gasteiger partial charge in [-0.15, -0.1) is 0 Å². The third-order valence-electron chi connectivity index (χ3n) is 9.60. The fraction of sp³-hybridized carbons (Fsp3) is 0.529. The molecule has 2 heterocycles. The summed E-state index contributed by atoms with van der Waals surface area (Å²) < 4.78 is 34.8. The molecule has 3 aromatic carbocycles. The molecule has 0 radical (unpaired) electrons. The molecule has 0 spiro atoms. The van der Waals surface area contributed by atoms with E-state index in [0.717, 1.165) is 31.4 Å². The summed E-state index contributed by atoms with van der Waals surface area (Å²) in [5.41, 5.74) is 0.684. The van der Waals surface area contributed by atoms with Crippen molar-refractivity contribution in [3.05, 3.63) is 72.3 Å². The van der Waals surface area contributed by atoms with Gasteiger partial charge in [-0.1, -0.05) is 69.0 Å². The Morgan fingerprint density at radius 2 is 1.71 bits per heavy atom. The molecule has 2 bridgehead atoms. The quantitative estimate of drug-likeness (QED) is 0.239. The van der Waals surface area contributed by atoms with Crippen molar-refractivity contribution in [3.63, 3.8) is 0 Å². The van der Waals surface area contributed by atoms with E-state index >= 15 is 0 Å². The van der Waals surface area contributed by atoms with E-state index in [-0.39, 0.29) is 12.1 Å². The lowest BCUT2D eigenvalue weighted by molar-refractivity contribution is 0.291. The third-order valence-corrected chi connectivity index (χ3v) is 11.9. The molecule has 3 aromatic rings. The molecule has 41 heavy (non-hydrogen) atoms. The van der Waals surface area contributed by atoms with Crippen molar-refractivity contribution in [3.8, 4) is 5.75 Å². The van der Waals surface area contributed by atoms with Gasteiger partial charge < -0.3 is 20.7 Å². The molecule has 3 N–H and O–H groups in total. The summed E-state index contributed by atoms with van der Waals surface area (Å²) in [6.07, 6.45) is 10.1. The molecule has 7 heteroatoms. The van der Waals surface area contributed by atoms with Gasteiger partial charge in [0.15, 0.2) is 9.84 Å². The van der Waals surface area contributed by atoms with Crippen LogP contribution in [-0.2, 0) is 16.4 Å². The number of fused-ring (bicyclic) bond motifs is 3. The maximum atomic E-state index is 14.5. The highest BCUT2D eigenvalue weighted by molar-refractivity contribution is 7.92. The third kappa shape index (κ3) is 6.05. The first-order chi connectivity index (χ1) is 20.0. The minimum Gasteiger partial charge on any atom is -0.494 e. The summed E-state index contributed by atoms with van der Waals surface area (Å²) in [5, 5.41) is 13.2. The number of benzene rings is 3. The van der Waals surface area contributed by atoms with Gasteiger partial charge in [0.05, 0.1) is 11.5 Å². The fourth-order valence-corrected chi connectivity index (χ4v) is 9.72. The number of hydrogen-bond donors (Lipinski definition) is 3. The minimum absolute atomic E-state index is 0.125. The Morgan fingerprint density at radius 1 is 0.927 bits per heavy atom. The summed E-state index contributed by atoms with van der Waals surface area (Å²) >= 11 is 0. The van der Waals surface area contributed by atoms with E-state index in [0.29, 0.717) is 30.6 Å². The topological polar surface area (TPSA) is 79.5 Å². The van der Waals surface area contributed by atoms with Crippen LogP contribution in [0.2, 0.25) is 0 Å². The van der Waals surface area contributed by atoms with E-state index in [9.17, 15) is 8.42 Å². The van der Waals surface area contributed by atoms with Crippen LogP contribution in [0.5, 0.6) is 5.75 Å². The Labute approximate surface area is 245 Å². The smallest absolute Gasteiger partial charge is 0.184 e. The Kier molecular flexibility index (Phi) is 8.68. The SMILES string of the molecule is CCCCOc1ccc(S(=O)(=O)C2C(NCc3ccc4ccccc4c3)C3CCC2(CNC2CCCCC2)N3)cc1. The van der Waals surface area contributed by atoms with Crippen molar-refractivity contribution in [2.24, 2.45) is 0 Å². The first-order valence-corrected chi connectivity index (χ1v) is 17.2. The summed E-state index contributed by atoms with van der Waals surface area (Å²) in [4.78, 5) is 0.384. The maximum Gasteiger partial charge on any atom is 0.184 e. The van der Waals surface area contributed by atoms with E-state index in [1.807, 2.05) is 12.1 Å². The summed E-state index contributed by atoms with van der Waals surface area (Å²) in [6, 6.07) is 22.4. The highest BCUT2D eigenvalue weighted by atomic mass is 32.2. The molecule has 2 saturated heterocycles. The van der Waals surface area contributed by atoms with Crippen LogP contribution >= 0.6 is 0 Å². The molecule has 0 amide bonds. The Balaban J connectivity index is 1.26. The van der Waals surface area contributed by atoms with E-state index in [1.165, 1.54) is 48.4 Å². The monoisotopic (exact) mass is 575 g/mol. The average Bonchev–Trinajstić information content (AvgIpc) is 3.57. The van der Waals surface area contributed by atoms with E-state index in [2.05, 4.69) is 65.3 Å². The predicted molar refractivity (Wildman–Crippen MR) is 166 cm³/mol. The molecule has 4 atom stereocenters. The van der Waals surface area contributed by atoms with Gasteiger partial charge in [-0.3, -0.25) is 0 Å². The number of sulfone groups is 1. The van der Waals surface area contributed by atoms with Gasteiger partial charge in [-0.25, -0.2) is 8.42 Å². The number of hydrogen-bond acceptors (Lipinski definition) is 6. The first-order valence-electron chi connectivity index (χ1n) is 15.7. The maximum absolute atomic E-state index is 14.5. The van der Waals surface area contributed by atoms with Crippen molar-refractivity contribution in [1.82, 2.24) is 16.0 Å². The lowest BCUT2D eigenvalue weighted by Crippen LogP contribution is -2.61. The van der Waals surface area contributed by atoms with Crippen LogP contribution in [0.3, 0.4) is 0 Å². The fourth-order valence-electron chi connectivity index (χ4n) is 7.38. The zero-order valence-electron chi connectivity index (χ0n) is 24.3. The Morgan fingerprint density at radius 3 is 2.49 bits per heavy atom. The van der Waals surface area contributed by atoms with Crippen LogP contribution in [0.4, 0.5) is 0 Å². The van der Waals surface area contributed by atoms with Gasteiger partial charge in [0.25, 0.3) is 0 Å². The molecule has 6 nitrogen and oxygen atoms in total.